The molecule has 1 aliphatic heterocycles. The quantitative estimate of drug-likeness (QED) is 0.223. The van der Waals surface area contributed by atoms with E-state index in [4.69, 9.17) is 0 Å². The van der Waals surface area contributed by atoms with Crippen LogP contribution in [0.4, 0.5) is 18.9 Å². The molecule has 4 nitrogen and oxygen atoms in total. The zero-order valence-electron chi connectivity index (χ0n) is 21.2. The van der Waals surface area contributed by atoms with Gasteiger partial charge >= 0.3 is 0 Å². The maximum Gasteiger partial charge on any atom is 0.143 e. The number of hydrogen-bond acceptors (Lipinski definition) is 5. The van der Waals surface area contributed by atoms with E-state index < -0.39 is 17.8 Å². The van der Waals surface area contributed by atoms with E-state index in [-0.39, 0.29) is 4.90 Å². The Bertz CT molecular complexity index is 1070. The summed E-state index contributed by atoms with van der Waals surface area (Å²) in [5.74, 6) is -0.738. The molecule has 1 saturated heterocycles. The summed E-state index contributed by atoms with van der Waals surface area (Å²) >= 11 is 0.948. The fraction of sp³-hybridized carbons (Fsp3) is 0.393. The van der Waals surface area contributed by atoms with E-state index in [9.17, 15) is 4.39 Å². The third kappa shape index (κ3) is 7.40. The third-order valence-electron chi connectivity index (χ3n) is 5.95. The van der Waals surface area contributed by atoms with E-state index in [2.05, 4.69) is 21.8 Å². The van der Waals surface area contributed by atoms with Gasteiger partial charge in [0.25, 0.3) is 0 Å². The number of allylic oxidation sites excluding steroid dienone is 2. The molecule has 1 N–H and O–H groups in total. The molecule has 1 heterocycles. The molecule has 8 heteroatoms. The van der Waals surface area contributed by atoms with E-state index >= 15 is 8.78 Å². The molecule has 3 rings (SSSR count). The van der Waals surface area contributed by atoms with Crippen LogP contribution in [-0.4, -0.2) is 41.2 Å². The number of likely N-dealkylation sites (tertiary alicyclic amines) is 1. The number of rotatable bonds is 13. The summed E-state index contributed by atoms with van der Waals surface area (Å²) in [5, 5.41) is 3.15. The first-order chi connectivity index (χ1) is 17.4. The fourth-order valence-corrected chi connectivity index (χ4v) is 4.96. The Kier molecular flexibility index (Phi) is 10.5. The minimum Gasteiger partial charge on any atom is -0.381 e. The van der Waals surface area contributed by atoms with Gasteiger partial charge in [-0.2, -0.15) is 0 Å². The Balaban J connectivity index is 1.71. The van der Waals surface area contributed by atoms with E-state index in [1.165, 1.54) is 12.1 Å². The van der Waals surface area contributed by atoms with Crippen molar-refractivity contribution in [3.05, 3.63) is 83.3 Å². The van der Waals surface area contributed by atoms with Crippen molar-refractivity contribution in [3.63, 3.8) is 0 Å². The Morgan fingerprint density at radius 2 is 1.86 bits per heavy atom. The number of benzene rings is 2. The van der Waals surface area contributed by atoms with E-state index in [1.807, 2.05) is 38.1 Å². The molecule has 36 heavy (non-hydrogen) atoms. The first kappa shape index (κ1) is 27.9. The molecule has 0 atom stereocenters. The van der Waals surface area contributed by atoms with Gasteiger partial charge in [-0.25, -0.2) is 18.2 Å². The third-order valence-corrected chi connectivity index (χ3v) is 7.15. The second kappa shape index (κ2) is 13.6. The number of halogens is 3. The summed E-state index contributed by atoms with van der Waals surface area (Å²) in [6, 6.07) is 10.6. The van der Waals surface area contributed by atoms with Crippen molar-refractivity contribution >= 4 is 23.8 Å². The molecule has 0 amide bonds. The highest BCUT2D eigenvalue weighted by Gasteiger charge is 2.25. The Morgan fingerprint density at radius 1 is 1.19 bits per heavy atom. The van der Waals surface area contributed by atoms with Crippen LogP contribution in [-0.2, 0) is 13.0 Å². The van der Waals surface area contributed by atoms with Crippen LogP contribution in [0, 0.1) is 11.6 Å². The molecule has 2 aromatic rings. The predicted octanol–water partition coefficient (Wildman–Crippen LogP) is 7.35. The number of hydrogen-bond donors (Lipinski definition) is 1. The van der Waals surface area contributed by atoms with Crippen molar-refractivity contribution in [2.45, 2.75) is 57.6 Å². The van der Waals surface area contributed by atoms with Gasteiger partial charge in [0.15, 0.2) is 0 Å². The van der Waals surface area contributed by atoms with Crippen LogP contribution in [0.3, 0.4) is 0 Å². The minimum atomic E-state index is -0.714. The highest BCUT2D eigenvalue weighted by atomic mass is 32.2. The molecule has 0 radical (unpaired) electrons. The zero-order valence-corrected chi connectivity index (χ0v) is 22.1. The summed E-state index contributed by atoms with van der Waals surface area (Å²) in [4.78, 5) is 6.31. The molecule has 1 aliphatic rings. The maximum absolute atomic E-state index is 15.1. The van der Waals surface area contributed by atoms with Gasteiger partial charge in [0.05, 0.1) is 0 Å². The van der Waals surface area contributed by atoms with Crippen LogP contribution in [0.1, 0.15) is 44.7 Å². The molecule has 0 unspecified atom stereocenters. The molecule has 0 bridgehead atoms. The van der Waals surface area contributed by atoms with Crippen LogP contribution < -0.4 is 5.32 Å². The first-order valence-corrected chi connectivity index (χ1v) is 13.1. The average molecular weight is 517 g/mol. The number of alkyl halides is 1. The second-order valence-corrected chi connectivity index (χ2v) is 9.69. The predicted molar refractivity (Wildman–Crippen MR) is 145 cm³/mol. The van der Waals surface area contributed by atoms with Gasteiger partial charge in [-0.1, -0.05) is 44.2 Å². The number of aliphatic imine (C=N–C) groups is 1. The summed E-state index contributed by atoms with van der Waals surface area (Å²) in [5.41, 5.74) is 3.27. The number of nitrogens with zero attached hydrogens (tertiary/aromatic N) is 3. The topological polar surface area (TPSA) is 30.9 Å². The normalized spacial score (nSPS) is 14.8. The molecule has 1 fully saturated rings. The monoisotopic (exact) mass is 516 g/mol. The van der Waals surface area contributed by atoms with Gasteiger partial charge in [0.1, 0.15) is 28.5 Å². The Morgan fingerprint density at radius 3 is 2.44 bits per heavy atom. The lowest BCUT2D eigenvalue weighted by Crippen LogP contribution is -2.48. The number of anilines is 1. The molecule has 0 saturated carbocycles. The van der Waals surface area contributed by atoms with Crippen molar-refractivity contribution < 1.29 is 13.2 Å². The Labute approximate surface area is 217 Å². The standard InChI is InChI=1S/C28H35F3N4S/c1-5-10-20(4)35(27(6-2)32-7-3)36-28-25(30)15-24(16-26(28)31)33-17-22-12-9-8-11-21(22)13-14-34-18-23(29)19-34/h6-9,11-12,15-16,23,33H,4-5,10,13-14,17-19H2,1-3H3/b27-6+,32-7-. The van der Waals surface area contributed by atoms with Crippen molar-refractivity contribution in [1.82, 2.24) is 9.21 Å². The van der Waals surface area contributed by atoms with Gasteiger partial charge in [-0.05, 0) is 68.0 Å². The summed E-state index contributed by atoms with van der Waals surface area (Å²) in [6.07, 6.45) is 5.04. The van der Waals surface area contributed by atoms with Crippen molar-refractivity contribution in [1.29, 1.82) is 0 Å². The smallest absolute Gasteiger partial charge is 0.143 e. The molecule has 0 aromatic heterocycles. The lowest BCUT2D eigenvalue weighted by Gasteiger charge is -2.34. The molecule has 0 aliphatic carbocycles. The lowest BCUT2D eigenvalue weighted by molar-refractivity contribution is 0.0670. The van der Waals surface area contributed by atoms with Crippen LogP contribution in [0.2, 0.25) is 0 Å². The highest BCUT2D eigenvalue weighted by Crippen LogP contribution is 2.36. The van der Waals surface area contributed by atoms with Crippen molar-refractivity contribution in [2.75, 3.05) is 25.0 Å². The summed E-state index contributed by atoms with van der Waals surface area (Å²) < 4.78 is 45.0. The van der Waals surface area contributed by atoms with Crippen LogP contribution >= 0.6 is 11.9 Å². The highest BCUT2D eigenvalue weighted by molar-refractivity contribution is 7.97. The Hall–Kier alpha value is -2.71. The van der Waals surface area contributed by atoms with Gasteiger partial charge in [0.2, 0.25) is 0 Å². The van der Waals surface area contributed by atoms with E-state index in [0.29, 0.717) is 37.6 Å². The van der Waals surface area contributed by atoms with E-state index in [1.54, 1.807) is 23.5 Å². The average Bonchev–Trinajstić information content (AvgIpc) is 2.84. The van der Waals surface area contributed by atoms with Crippen LogP contribution in [0.5, 0.6) is 0 Å². The molecular formula is C28H35F3N4S. The van der Waals surface area contributed by atoms with Gasteiger partial charge in [-0.15, -0.1) is 0 Å². The summed E-state index contributed by atoms with van der Waals surface area (Å²) in [7, 11) is 0. The van der Waals surface area contributed by atoms with Gasteiger partial charge in [-0.3, -0.25) is 9.21 Å². The van der Waals surface area contributed by atoms with E-state index in [0.717, 1.165) is 48.2 Å². The van der Waals surface area contributed by atoms with Crippen molar-refractivity contribution in [2.24, 2.45) is 4.99 Å². The zero-order chi connectivity index (χ0) is 26.1. The SMILES string of the molecule is C=C(CCC)N(Sc1c(F)cc(NCc2ccccc2CCN2CC(F)C2)cc1F)C(=C/C)/N=C\C. The number of nitrogens with one attached hydrogen (secondary N) is 1. The van der Waals surface area contributed by atoms with Crippen LogP contribution in [0.15, 0.2) is 70.5 Å². The summed E-state index contributed by atoms with van der Waals surface area (Å²) in [6.45, 7) is 11.9. The molecular weight excluding hydrogens is 481 g/mol. The maximum atomic E-state index is 15.1. The molecule has 194 valence electrons. The van der Waals surface area contributed by atoms with Gasteiger partial charge < -0.3 is 5.32 Å². The molecule has 0 spiro atoms. The van der Waals surface area contributed by atoms with Crippen molar-refractivity contribution in [3.8, 4) is 0 Å². The fourth-order valence-electron chi connectivity index (χ4n) is 4.02. The minimum absolute atomic E-state index is 0.107. The largest absolute Gasteiger partial charge is 0.381 e. The first-order valence-electron chi connectivity index (χ1n) is 12.3. The van der Waals surface area contributed by atoms with Crippen LogP contribution in [0.25, 0.3) is 0 Å². The lowest BCUT2D eigenvalue weighted by atomic mass is 10.0. The van der Waals surface area contributed by atoms with Gasteiger partial charge in [0, 0.05) is 43.8 Å². The molecule has 2 aromatic carbocycles. The second-order valence-electron chi connectivity index (χ2n) is 8.73.